The second-order valence-corrected chi connectivity index (χ2v) is 6.25. The number of hydrogen-bond acceptors (Lipinski definition) is 2. The summed E-state index contributed by atoms with van der Waals surface area (Å²) in [6, 6.07) is 10.2. The van der Waals surface area contributed by atoms with Crippen molar-refractivity contribution < 1.29 is 5.11 Å². The molecule has 18 heavy (non-hydrogen) atoms. The molecule has 2 aromatic rings. The lowest BCUT2D eigenvalue weighted by Gasteiger charge is -2.26. The highest BCUT2D eigenvalue weighted by Crippen LogP contribution is 2.38. The van der Waals surface area contributed by atoms with E-state index in [1.165, 1.54) is 36.2 Å². The molecular weight excluding hydrogens is 264 g/mol. The van der Waals surface area contributed by atoms with Gasteiger partial charge < -0.3 is 5.11 Å². The van der Waals surface area contributed by atoms with Gasteiger partial charge in [-0.2, -0.15) is 0 Å². The molecule has 1 nitrogen and oxygen atoms in total. The van der Waals surface area contributed by atoms with E-state index < -0.39 is 6.10 Å². The van der Waals surface area contributed by atoms with Gasteiger partial charge in [0.25, 0.3) is 0 Å². The summed E-state index contributed by atoms with van der Waals surface area (Å²) in [6.07, 6.45) is 3.34. The van der Waals surface area contributed by atoms with Gasteiger partial charge in [0.15, 0.2) is 0 Å². The zero-order valence-corrected chi connectivity index (χ0v) is 11.5. The van der Waals surface area contributed by atoms with Gasteiger partial charge in [-0.15, -0.1) is 11.3 Å². The maximum Gasteiger partial charge on any atom is 0.113 e. The van der Waals surface area contributed by atoms with Gasteiger partial charge in [0, 0.05) is 10.3 Å². The van der Waals surface area contributed by atoms with E-state index in [9.17, 15) is 5.11 Å². The predicted molar refractivity (Wildman–Crippen MR) is 76.4 cm³/mol. The van der Waals surface area contributed by atoms with Crippen molar-refractivity contribution in [3.63, 3.8) is 0 Å². The molecular formula is C15H15ClOS. The summed E-state index contributed by atoms with van der Waals surface area (Å²) in [4.78, 5) is 0.908. The maximum absolute atomic E-state index is 10.4. The minimum absolute atomic E-state index is 0.553. The van der Waals surface area contributed by atoms with Crippen LogP contribution in [0.2, 0.25) is 5.02 Å². The van der Waals surface area contributed by atoms with Crippen molar-refractivity contribution in [3.8, 4) is 0 Å². The second kappa shape index (κ2) is 5.04. The van der Waals surface area contributed by atoms with Crippen molar-refractivity contribution in [3.05, 3.63) is 56.7 Å². The fourth-order valence-electron chi connectivity index (χ4n) is 2.36. The molecule has 0 amide bonds. The summed E-state index contributed by atoms with van der Waals surface area (Å²) in [7, 11) is 0. The van der Waals surface area contributed by atoms with Gasteiger partial charge in [-0.3, -0.25) is 0 Å². The fraction of sp³-hybridized carbons (Fsp3) is 0.333. The van der Waals surface area contributed by atoms with Crippen LogP contribution in [0, 0.1) is 0 Å². The number of benzene rings is 1. The Kier molecular flexibility index (Phi) is 3.42. The Morgan fingerprint density at radius 3 is 2.72 bits per heavy atom. The molecule has 1 aliphatic rings. The van der Waals surface area contributed by atoms with Gasteiger partial charge in [0.2, 0.25) is 0 Å². The fourth-order valence-corrected chi connectivity index (χ4v) is 3.45. The molecule has 1 unspecified atom stereocenters. The highest BCUT2D eigenvalue weighted by molar-refractivity contribution is 7.10. The lowest BCUT2D eigenvalue weighted by Crippen LogP contribution is -2.09. The Balaban J connectivity index is 1.86. The summed E-state index contributed by atoms with van der Waals surface area (Å²) in [5.41, 5.74) is 2.33. The third kappa shape index (κ3) is 2.33. The summed E-state index contributed by atoms with van der Waals surface area (Å²) >= 11 is 7.41. The Morgan fingerprint density at radius 1 is 1.28 bits per heavy atom. The van der Waals surface area contributed by atoms with Crippen molar-refractivity contribution in [2.75, 3.05) is 0 Å². The molecule has 3 heteroatoms. The standard InChI is InChI=1S/C15H15ClOS/c16-13-8-14(18-9-13)15(17)12-6-2-5-11(7-12)10-3-1-4-10/h2,5-10,15,17H,1,3-4H2. The summed E-state index contributed by atoms with van der Waals surface area (Å²) in [5.74, 6) is 0.698. The van der Waals surface area contributed by atoms with Gasteiger partial charge >= 0.3 is 0 Å². The zero-order valence-electron chi connectivity index (χ0n) is 9.97. The van der Waals surface area contributed by atoms with E-state index in [0.717, 1.165) is 10.4 Å². The normalized spacial score (nSPS) is 17.4. The summed E-state index contributed by atoms with van der Waals surface area (Å²) in [5, 5.41) is 12.9. The molecule has 0 aliphatic heterocycles. The van der Waals surface area contributed by atoms with Gasteiger partial charge in [-0.25, -0.2) is 0 Å². The second-order valence-electron chi connectivity index (χ2n) is 4.87. The molecule has 1 aromatic carbocycles. The minimum Gasteiger partial charge on any atom is -0.383 e. The van der Waals surface area contributed by atoms with Gasteiger partial charge in [-0.1, -0.05) is 42.3 Å². The van der Waals surface area contributed by atoms with E-state index in [2.05, 4.69) is 12.1 Å². The molecule has 0 spiro atoms. The first kappa shape index (κ1) is 12.2. The van der Waals surface area contributed by atoms with Gasteiger partial charge in [0.05, 0.1) is 5.02 Å². The van der Waals surface area contributed by atoms with Crippen LogP contribution in [0.15, 0.2) is 35.7 Å². The van der Waals surface area contributed by atoms with Crippen LogP contribution in [0.5, 0.6) is 0 Å². The Bertz CT molecular complexity index is 545. The average molecular weight is 279 g/mol. The summed E-state index contributed by atoms with van der Waals surface area (Å²) in [6.45, 7) is 0. The highest BCUT2D eigenvalue weighted by atomic mass is 35.5. The lowest BCUT2D eigenvalue weighted by molar-refractivity contribution is 0.224. The molecule has 1 fully saturated rings. The average Bonchev–Trinajstić information content (AvgIpc) is 2.73. The van der Waals surface area contributed by atoms with Gasteiger partial charge in [0.1, 0.15) is 6.10 Å². The predicted octanol–water partition coefficient (Wildman–Crippen LogP) is 4.75. The van der Waals surface area contributed by atoms with Crippen LogP contribution in [0.1, 0.15) is 47.3 Å². The monoisotopic (exact) mass is 278 g/mol. The van der Waals surface area contributed by atoms with Crippen LogP contribution in [-0.4, -0.2) is 5.11 Å². The topological polar surface area (TPSA) is 20.2 Å². The van der Waals surface area contributed by atoms with Crippen LogP contribution in [0.4, 0.5) is 0 Å². The Hall–Kier alpha value is -0.830. The van der Waals surface area contributed by atoms with Crippen molar-refractivity contribution in [2.24, 2.45) is 0 Å². The van der Waals surface area contributed by atoms with Crippen LogP contribution in [0.3, 0.4) is 0 Å². The maximum atomic E-state index is 10.4. The molecule has 0 radical (unpaired) electrons. The molecule has 1 N–H and O–H groups in total. The van der Waals surface area contributed by atoms with Crippen LogP contribution >= 0.6 is 22.9 Å². The SMILES string of the molecule is OC(c1cccc(C2CCC2)c1)c1cc(Cl)cs1. The van der Waals surface area contributed by atoms with Crippen molar-refractivity contribution >= 4 is 22.9 Å². The zero-order chi connectivity index (χ0) is 12.5. The van der Waals surface area contributed by atoms with Crippen molar-refractivity contribution in [1.82, 2.24) is 0 Å². The van der Waals surface area contributed by atoms with E-state index in [4.69, 9.17) is 11.6 Å². The number of thiophene rings is 1. The minimum atomic E-state index is -0.553. The molecule has 0 saturated heterocycles. The van der Waals surface area contributed by atoms with Gasteiger partial charge in [-0.05, 0) is 36.0 Å². The first-order valence-corrected chi connectivity index (χ1v) is 7.51. The smallest absolute Gasteiger partial charge is 0.113 e. The third-order valence-electron chi connectivity index (χ3n) is 3.66. The first-order chi connectivity index (χ1) is 8.74. The van der Waals surface area contributed by atoms with Crippen LogP contribution in [0.25, 0.3) is 0 Å². The molecule has 1 heterocycles. The lowest BCUT2D eigenvalue weighted by atomic mass is 9.79. The van der Waals surface area contributed by atoms with E-state index in [1.807, 2.05) is 23.6 Å². The quantitative estimate of drug-likeness (QED) is 0.859. The molecule has 1 aromatic heterocycles. The Morgan fingerprint density at radius 2 is 2.11 bits per heavy atom. The molecule has 1 saturated carbocycles. The van der Waals surface area contributed by atoms with E-state index >= 15 is 0 Å². The molecule has 1 atom stereocenters. The molecule has 3 rings (SSSR count). The van der Waals surface area contributed by atoms with Crippen molar-refractivity contribution in [1.29, 1.82) is 0 Å². The molecule has 1 aliphatic carbocycles. The van der Waals surface area contributed by atoms with E-state index in [1.54, 1.807) is 0 Å². The number of hydrogen-bond donors (Lipinski definition) is 1. The van der Waals surface area contributed by atoms with E-state index in [0.29, 0.717) is 10.9 Å². The number of aliphatic hydroxyl groups excluding tert-OH is 1. The van der Waals surface area contributed by atoms with Crippen LogP contribution in [-0.2, 0) is 0 Å². The largest absolute Gasteiger partial charge is 0.383 e. The third-order valence-corrected chi connectivity index (χ3v) is 4.99. The Labute approximate surface area is 116 Å². The highest BCUT2D eigenvalue weighted by Gasteiger charge is 2.21. The first-order valence-electron chi connectivity index (χ1n) is 6.26. The number of aliphatic hydroxyl groups is 1. The van der Waals surface area contributed by atoms with Crippen LogP contribution < -0.4 is 0 Å². The molecule has 0 bridgehead atoms. The van der Waals surface area contributed by atoms with Crippen molar-refractivity contribution in [2.45, 2.75) is 31.3 Å². The number of rotatable bonds is 3. The summed E-state index contributed by atoms with van der Waals surface area (Å²) < 4.78 is 0. The number of halogens is 1. The van der Waals surface area contributed by atoms with E-state index in [-0.39, 0.29) is 0 Å². The molecule has 94 valence electrons.